The summed E-state index contributed by atoms with van der Waals surface area (Å²) in [5.41, 5.74) is 3.40. The van der Waals surface area contributed by atoms with Gasteiger partial charge in [-0.25, -0.2) is 0 Å². The van der Waals surface area contributed by atoms with Crippen LogP contribution in [0.3, 0.4) is 0 Å². The van der Waals surface area contributed by atoms with E-state index in [0.717, 1.165) is 0 Å². The number of amides is 1. The number of nitrogens with two attached hydrogens (primary N) is 1. The zero-order valence-corrected chi connectivity index (χ0v) is 20.1. The third-order valence-corrected chi connectivity index (χ3v) is 7.99. The van der Waals surface area contributed by atoms with Gasteiger partial charge in [-0.15, -0.1) is 0 Å². The first-order valence-electron chi connectivity index (χ1n) is 11.3. The van der Waals surface area contributed by atoms with Crippen molar-refractivity contribution in [2.24, 2.45) is 29.4 Å². The number of carbonyl (C=O) groups excluding carboxylic acids is 5. The highest BCUT2D eigenvalue weighted by molar-refractivity contribution is 6.32. The number of nitrogens with zero attached hydrogens (tertiary/aromatic N) is 1. The minimum atomic E-state index is -2.75. The van der Waals surface area contributed by atoms with Gasteiger partial charge in [-0.05, 0) is 74.3 Å². The first-order chi connectivity index (χ1) is 16.9. The summed E-state index contributed by atoms with van der Waals surface area (Å²) < 4.78 is 5.51. The van der Waals surface area contributed by atoms with Crippen LogP contribution in [-0.2, 0) is 25.6 Å². The monoisotopic (exact) mass is 514 g/mol. The Bertz CT molecular complexity index is 1360. The Morgan fingerprint density at radius 1 is 1.14 bits per heavy atom. The number of phenols is 1. The van der Waals surface area contributed by atoms with E-state index >= 15 is 0 Å². The number of likely N-dealkylation sites (N-methyl/N-ethyl adjacent to an activating group) is 1. The first kappa shape index (κ1) is 24.4. The van der Waals surface area contributed by atoms with Crippen molar-refractivity contribution in [1.82, 2.24) is 4.90 Å². The fraction of sp³-hybridized carbons (Fsp3) is 0.400. The number of primary amides is 1. The van der Waals surface area contributed by atoms with Gasteiger partial charge in [0, 0.05) is 11.5 Å². The zero-order chi connectivity index (χ0) is 26.3. The number of Topliss-reactive ketones (excluding diaryl/α,β-unsaturated/α-hetero) is 4. The van der Waals surface area contributed by atoms with Crippen LogP contribution in [0.4, 0.5) is 0 Å². The molecule has 0 spiro atoms. The summed E-state index contributed by atoms with van der Waals surface area (Å²) in [4.78, 5) is 67.3. The van der Waals surface area contributed by atoms with E-state index in [4.69, 9.17) is 21.8 Å². The van der Waals surface area contributed by atoms with Crippen molar-refractivity contribution in [3.63, 3.8) is 0 Å². The van der Waals surface area contributed by atoms with Gasteiger partial charge in [-0.3, -0.25) is 28.9 Å². The SMILES string of the molecule is CN(C)[C@@H]1C(=O)C(C(N)=O)C(=O)[C@@]2(O)C(=O)C3C(=O)c4c(O)ccc(-c5ccc(Cl)o5)c4C[C@H]3C[C@@H]12. The van der Waals surface area contributed by atoms with Crippen LogP contribution in [0, 0.1) is 23.7 Å². The molecule has 1 aromatic heterocycles. The number of rotatable bonds is 3. The number of carbonyl (C=O) groups is 5. The Labute approximate surface area is 210 Å². The number of hydrogen-bond acceptors (Lipinski definition) is 9. The number of furan rings is 1. The summed E-state index contributed by atoms with van der Waals surface area (Å²) >= 11 is 5.93. The van der Waals surface area contributed by atoms with Gasteiger partial charge >= 0.3 is 0 Å². The van der Waals surface area contributed by atoms with Gasteiger partial charge < -0.3 is 20.4 Å². The summed E-state index contributed by atoms with van der Waals surface area (Å²) in [6.45, 7) is 0. The van der Waals surface area contributed by atoms with Gasteiger partial charge in [0.1, 0.15) is 11.5 Å². The molecule has 188 valence electrons. The zero-order valence-electron chi connectivity index (χ0n) is 19.4. The number of benzene rings is 1. The second-order valence-electron chi connectivity index (χ2n) is 9.88. The Kier molecular flexibility index (Phi) is 5.47. The maximum absolute atomic E-state index is 13.8. The molecule has 0 aliphatic heterocycles. The van der Waals surface area contributed by atoms with Crippen LogP contribution >= 0.6 is 11.6 Å². The Morgan fingerprint density at radius 3 is 2.42 bits per heavy atom. The summed E-state index contributed by atoms with van der Waals surface area (Å²) in [6.07, 6.45) is 0.103. The highest BCUT2D eigenvalue weighted by atomic mass is 35.5. The van der Waals surface area contributed by atoms with E-state index in [0.29, 0.717) is 16.9 Å². The quantitative estimate of drug-likeness (QED) is 0.501. The van der Waals surface area contributed by atoms with Crippen LogP contribution in [0.1, 0.15) is 22.3 Å². The van der Waals surface area contributed by atoms with Crippen LogP contribution in [-0.4, -0.2) is 69.9 Å². The maximum atomic E-state index is 13.8. The van der Waals surface area contributed by atoms with Crippen molar-refractivity contribution in [3.8, 4) is 17.1 Å². The van der Waals surface area contributed by atoms with Gasteiger partial charge in [-0.1, -0.05) is 0 Å². The molecule has 10 nitrogen and oxygen atoms in total. The molecule has 2 aromatic rings. The molecule has 1 amide bonds. The van der Waals surface area contributed by atoms with E-state index in [1.165, 1.54) is 31.1 Å². The highest BCUT2D eigenvalue weighted by Crippen LogP contribution is 2.51. The third kappa shape index (κ3) is 3.14. The summed E-state index contributed by atoms with van der Waals surface area (Å²) in [6, 6.07) is 4.86. The lowest BCUT2D eigenvalue weighted by atomic mass is 9.52. The molecule has 1 heterocycles. The Balaban J connectivity index is 1.66. The van der Waals surface area contributed by atoms with Gasteiger partial charge in [-0.2, -0.15) is 0 Å². The fourth-order valence-corrected chi connectivity index (χ4v) is 6.44. The van der Waals surface area contributed by atoms with Crippen LogP contribution in [0.2, 0.25) is 5.22 Å². The maximum Gasteiger partial charge on any atom is 0.235 e. The van der Waals surface area contributed by atoms with Crippen molar-refractivity contribution in [2.75, 3.05) is 14.1 Å². The lowest BCUT2D eigenvalue weighted by Crippen LogP contribution is -2.74. The normalized spacial score (nSPS) is 31.8. The van der Waals surface area contributed by atoms with Crippen LogP contribution in [0.25, 0.3) is 11.3 Å². The minimum absolute atomic E-state index is 0.0299. The number of aromatic hydroxyl groups is 1. The van der Waals surface area contributed by atoms with Gasteiger partial charge in [0.2, 0.25) is 5.91 Å². The molecule has 5 rings (SSSR count). The standard InChI is InChI=1S/C25H23ClN2O8/c1-28(2)19-12-8-9-7-11-10(14-5-6-15(26)36-14)3-4-13(29)17(11)20(30)16(9)22(32)25(12,35)23(33)18(21(19)31)24(27)34/h3-6,9,12,16,18-19,29,35H,7-8H2,1-2H3,(H2,27,34)/t9-,12-,16?,18?,19-,25-/m0/s1. The van der Waals surface area contributed by atoms with Crippen molar-refractivity contribution in [2.45, 2.75) is 24.5 Å². The Morgan fingerprint density at radius 2 is 1.83 bits per heavy atom. The number of phenolic OH excluding ortho intramolecular Hbond substituents is 1. The molecule has 2 fully saturated rings. The Hall–Kier alpha value is -3.34. The molecule has 3 aliphatic rings. The van der Waals surface area contributed by atoms with Crippen LogP contribution < -0.4 is 5.73 Å². The molecule has 0 bridgehead atoms. The molecule has 3 aliphatic carbocycles. The first-order valence-corrected chi connectivity index (χ1v) is 11.7. The predicted molar refractivity (Wildman–Crippen MR) is 124 cm³/mol. The van der Waals surface area contributed by atoms with E-state index < -0.39 is 64.4 Å². The number of halogens is 1. The van der Waals surface area contributed by atoms with Crippen molar-refractivity contribution < 1.29 is 38.6 Å². The average molecular weight is 515 g/mol. The number of fused-ring (bicyclic) bond motifs is 3. The summed E-state index contributed by atoms with van der Waals surface area (Å²) in [5, 5.41) is 22.3. The molecule has 0 radical (unpaired) electrons. The topological polar surface area (TPSA) is 168 Å². The van der Waals surface area contributed by atoms with Gasteiger partial charge in [0.15, 0.2) is 39.9 Å². The fourth-order valence-electron chi connectivity index (χ4n) is 6.29. The van der Waals surface area contributed by atoms with E-state index in [9.17, 15) is 34.2 Å². The molecule has 36 heavy (non-hydrogen) atoms. The lowest BCUT2D eigenvalue weighted by molar-refractivity contribution is -0.181. The van der Waals surface area contributed by atoms with Crippen LogP contribution in [0.15, 0.2) is 28.7 Å². The van der Waals surface area contributed by atoms with E-state index in [-0.39, 0.29) is 29.4 Å². The highest BCUT2D eigenvalue weighted by Gasteiger charge is 2.69. The smallest absolute Gasteiger partial charge is 0.235 e. The van der Waals surface area contributed by atoms with Crippen molar-refractivity contribution in [1.29, 1.82) is 0 Å². The second-order valence-corrected chi connectivity index (χ2v) is 10.3. The number of hydrogen-bond donors (Lipinski definition) is 3. The number of ketones is 4. The molecule has 0 saturated heterocycles. The molecule has 4 N–H and O–H groups in total. The average Bonchev–Trinajstić information content (AvgIpc) is 3.22. The predicted octanol–water partition coefficient (Wildman–Crippen LogP) is 0.780. The molecular formula is C25H23ClN2O8. The molecule has 2 saturated carbocycles. The minimum Gasteiger partial charge on any atom is -0.507 e. The number of aliphatic hydroxyl groups is 1. The summed E-state index contributed by atoms with van der Waals surface area (Å²) in [7, 11) is 3.07. The lowest BCUT2D eigenvalue weighted by Gasteiger charge is -2.52. The largest absolute Gasteiger partial charge is 0.507 e. The molecule has 2 unspecified atom stereocenters. The van der Waals surface area contributed by atoms with Crippen molar-refractivity contribution >= 4 is 40.6 Å². The van der Waals surface area contributed by atoms with E-state index in [1.807, 2.05) is 0 Å². The molecular weight excluding hydrogens is 492 g/mol. The van der Waals surface area contributed by atoms with Crippen LogP contribution in [0.5, 0.6) is 5.75 Å². The molecule has 1 aromatic carbocycles. The van der Waals surface area contributed by atoms with Crippen molar-refractivity contribution in [3.05, 3.63) is 40.6 Å². The van der Waals surface area contributed by atoms with E-state index in [2.05, 4.69) is 0 Å². The van der Waals surface area contributed by atoms with E-state index in [1.54, 1.807) is 12.1 Å². The second kappa shape index (κ2) is 8.09. The summed E-state index contributed by atoms with van der Waals surface area (Å²) in [5.74, 6) is -10.5. The van der Waals surface area contributed by atoms with Gasteiger partial charge in [0.25, 0.3) is 0 Å². The third-order valence-electron chi connectivity index (χ3n) is 7.78. The molecule has 11 heteroatoms. The molecule has 6 atom stereocenters. The van der Waals surface area contributed by atoms with Gasteiger partial charge in [0.05, 0.1) is 17.5 Å².